The fraction of sp³-hybridized carbons (Fsp3) is 0.250. The molecule has 0 aliphatic carbocycles. The highest BCUT2D eigenvalue weighted by Crippen LogP contribution is 2.20. The Morgan fingerprint density at radius 1 is 1.16 bits per heavy atom. The molecule has 2 amide bonds. The molecule has 1 aromatic carbocycles. The van der Waals surface area contributed by atoms with Crippen LogP contribution in [0.2, 0.25) is 5.02 Å². The Hall–Kier alpha value is -3.34. The first-order valence-corrected chi connectivity index (χ1v) is 9.40. The second kappa shape index (κ2) is 11.3. The van der Waals surface area contributed by atoms with E-state index in [0.29, 0.717) is 0 Å². The third kappa shape index (κ3) is 8.80. The van der Waals surface area contributed by atoms with Crippen LogP contribution in [0.5, 0.6) is 11.6 Å². The van der Waals surface area contributed by atoms with Gasteiger partial charge in [-0.3, -0.25) is 9.59 Å². The summed E-state index contributed by atoms with van der Waals surface area (Å²) in [5.41, 5.74) is 0.367. The summed E-state index contributed by atoms with van der Waals surface area (Å²) in [6.45, 7) is 1.86. The molecule has 1 heterocycles. The summed E-state index contributed by atoms with van der Waals surface area (Å²) in [6.07, 6.45) is -3.23. The van der Waals surface area contributed by atoms with Crippen molar-refractivity contribution in [1.29, 1.82) is 0 Å². The van der Waals surface area contributed by atoms with Gasteiger partial charge in [-0.15, -0.1) is 0 Å². The molecule has 7 nitrogen and oxygen atoms in total. The van der Waals surface area contributed by atoms with Crippen LogP contribution in [-0.2, 0) is 9.59 Å². The molecule has 0 saturated heterocycles. The lowest BCUT2D eigenvalue weighted by molar-refractivity contribution is -0.154. The van der Waals surface area contributed by atoms with Crippen LogP contribution in [0.15, 0.2) is 48.7 Å². The van der Waals surface area contributed by atoms with Gasteiger partial charge in [0.25, 0.3) is 11.8 Å². The largest absolute Gasteiger partial charge is 0.484 e. The Labute approximate surface area is 185 Å². The molecule has 2 aromatic rings. The van der Waals surface area contributed by atoms with Gasteiger partial charge >= 0.3 is 6.18 Å². The molecule has 1 aromatic heterocycles. The second-order valence-corrected chi connectivity index (χ2v) is 6.72. The highest BCUT2D eigenvalue weighted by molar-refractivity contribution is 6.30. The summed E-state index contributed by atoms with van der Waals surface area (Å²) in [5.74, 6) is -1.84. The molecule has 2 N–H and O–H groups in total. The summed E-state index contributed by atoms with van der Waals surface area (Å²) in [4.78, 5) is 27.5. The maximum Gasteiger partial charge on any atom is 0.422 e. The van der Waals surface area contributed by atoms with Gasteiger partial charge in [0.15, 0.2) is 13.2 Å². The summed E-state index contributed by atoms with van der Waals surface area (Å²) in [7, 11) is 0. The number of halogens is 5. The molecule has 32 heavy (non-hydrogen) atoms. The Bertz CT molecular complexity index is 968. The SMILES string of the molecule is C=C(CCNC(=O)COc1ccc(Cl)c(F)c1)C(=O)Nc1ccc(OCC(F)(F)F)nc1. The Balaban J connectivity index is 1.69. The number of benzene rings is 1. The monoisotopic (exact) mass is 475 g/mol. The van der Waals surface area contributed by atoms with Crippen molar-refractivity contribution >= 4 is 29.1 Å². The fourth-order valence-corrected chi connectivity index (χ4v) is 2.27. The minimum absolute atomic E-state index is 0.0693. The number of anilines is 1. The van der Waals surface area contributed by atoms with Gasteiger partial charge in [0.1, 0.15) is 11.6 Å². The molecule has 0 unspecified atom stereocenters. The first-order chi connectivity index (χ1) is 15.0. The average Bonchev–Trinajstić information content (AvgIpc) is 2.73. The van der Waals surface area contributed by atoms with E-state index in [0.717, 1.165) is 12.3 Å². The highest BCUT2D eigenvalue weighted by atomic mass is 35.5. The molecule has 0 aliphatic heterocycles. The lowest BCUT2D eigenvalue weighted by atomic mass is 10.2. The zero-order valence-electron chi connectivity index (χ0n) is 16.5. The van der Waals surface area contributed by atoms with Crippen molar-refractivity contribution in [3.63, 3.8) is 0 Å². The highest BCUT2D eigenvalue weighted by Gasteiger charge is 2.28. The van der Waals surface area contributed by atoms with Crippen LogP contribution in [0, 0.1) is 5.82 Å². The van der Waals surface area contributed by atoms with Crippen molar-refractivity contribution in [3.05, 3.63) is 59.5 Å². The Morgan fingerprint density at radius 3 is 2.53 bits per heavy atom. The third-order valence-corrected chi connectivity index (χ3v) is 4.02. The Kier molecular flexibility index (Phi) is 8.82. The van der Waals surface area contributed by atoms with Crippen LogP contribution < -0.4 is 20.1 Å². The maximum atomic E-state index is 13.3. The molecule has 0 atom stereocenters. The number of carbonyl (C=O) groups excluding carboxylic acids is 2. The van der Waals surface area contributed by atoms with Crippen LogP contribution in [0.4, 0.5) is 23.2 Å². The number of nitrogens with one attached hydrogen (secondary N) is 2. The zero-order chi connectivity index (χ0) is 23.7. The Morgan fingerprint density at radius 2 is 1.91 bits per heavy atom. The molecule has 0 saturated carbocycles. The van der Waals surface area contributed by atoms with E-state index in [1.165, 1.54) is 24.3 Å². The van der Waals surface area contributed by atoms with Crippen molar-refractivity contribution < 1.29 is 36.6 Å². The second-order valence-electron chi connectivity index (χ2n) is 6.31. The van der Waals surface area contributed by atoms with Crippen molar-refractivity contribution in [2.75, 3.05) is 25.1 Å². The van der Waals surface area contributed by atoms with E-state index < -0.39 is 30.4 Å². The topological polar surface area (TPSA) is 89.5 Å². The molecule has 12 heteroatoms. The maximum absolute atomic E-state index is 13.3. The van der Waals surface area contributed by atoms with E-state index in [2.05, 4.69) is 26.9 Å². The number of pyridine rings is 1. The molecule has 0 aliphatic rings. The lowest BCUT2D eigenvalue weighted by Crippen LogP contribution is -2.30. The number of carbonyl (C=O) groups is 2. The molecule has 0 radical (unpaired) electrons. The van der Waals surface area contributed by atoms with Gasteiger partial charge in [-0.25, -0.2) is 9.37 Å². The summed E-state index contributed by atoms with van der Waals surface area (Å²) >= 11 is 5.56. The van der Waals surface area contributed by atoms with Gasteiger partial charge in [0.2, 0.25) is 5.88 Å². The molecule has 0 spiro atoms. The molecule has 2 rings (SSSR count). The van der Waals surface area contributed by atoms with Crippen molar-refractivity contribution in [3.8, 4) is 11.6 Å². The summed E-state index contributed by atoms with van der Waals surface area (Å²) in [5, 5.41) is 4.92. The number of rotatable bonds is 10. The molecular weight excluding hydrogens is 458 g/mol. The van der Waals surface area contributed by atoms with Crippen LogP contribution in [0.3, 0.4) is 0 Å². The lowest BCUT2D eigenvalue weighted by Gasteiger charge is -2.11. The molecular formula is C20H18ClF4N3O4. The zero-order valence-corrected chi connectivity index (χ0v) is 17.2. The van der Waals surface area contributed by atoms with E-state index in [1.807, 2.05) is 0 Å². The van der Waals surface area contributed by atoms with Crippen molar-refractivity contribution in [1.82, 2.24) is 10.3 Å². The number of nitrogens with zero attached hydrogens (tertiary/aromatic N) is 1. The number of aromatic nitrogens is 1. The van der Waals surface area contributed by atoms with E-state index in [-0.39, 0.29) is 47.5 Å². The van der Waals surface area contributed by atoms with Gasteiger partial charge in [-0.05, 0) is 24.6 Å². The van der Waals surface area contributed by atoms with E-state index in [1.54, 1.807) is 0 Å². The van der Waals surface area contributed by atoms with E-state index in [9.17, 15) is 27.2 Å². The number of alkyl halides is 3. The first kappa shape index (κ1) is 24.9. The van der Waals surface area contributed by atoms with Crippen LogP contribution in [-0.4, -0.2) is 42.7 Å². The average molecular weight is 476 g/mol. The van der Waals surface area contributed by atoms with Crippen molar-refractivity contribution in [2.24, 2.45) is 0 Å². The number of hydrogen-bond donors (Lipinski definition) is 2. The first-order valence-electron chi connectivity index (χ1n) is 9.03. The van der Waals surface area contributed by atoms with Gasteiger partial charge in [-0.1, -0.05) is 18.2 Å². The standard InChI is InChI=1S/C20H18ClF4N3O4/c1-12(6-7-26-17(29)10-31-14-3-4-15(21)16(22)8-14)19(30)28-13-2-5-18(27-9-13)32-11-20(23,24)25/h2-5,8-9H,1,6-7,10-11H2,(H,26,29)(H,28,30). The van der Waals surface area contributed by atoms with Gasteiger partial charge in [0.05, 0.1) is 16.9 Å². The predicted octanol–water partition coefficient (Wildman–Crippen LogP) is 3.90. The van der Waals surface area contributed by atoms with Crippen LogP contribution >= 0.6 is 11.6 Å². The van der Waals surface area contributed by atoms with Crippen molar-refractivity contribution in [2.45, 2.75) is 12.6 Å². The van der Waals surface area contributed by atoms with E-state index >= 15 is 0 Å². The number of hydrogen-bond acceptors (Lipinski definition) is 5. The minimum atomic E-state index is -4.48. The van der Waals surface area contributed by atoms with Gasteiger partial charge in [0, 0.05) is 24.3 Å². The minimum Gasteiger partial charge on any atom is -0.484 e. The molecule has 172 valence electrons. The summed E-state index contributed by atoms with van der Waals surface area (Å²) < 4.78 is 59.3. The fourth-order valence-electron chi connectivity index (χ4n) is 2.15. The van der Waals surface area contributed by atoms with Crippen LogP contribution in [0.25, 0.3) is 0 Å². The molecule has 0 bridgehead atoms. The number of amides is 2. The summed E-state index contributed by atoms with van der Waals surface area (Å²) in [6, 6.07) is 6.26. The van der Waals surface area contributed by atoms with Crippen LogP contribution in [0.1, 0.15) is 6.42 Å². The normalized spacial score (nSPS) is 10.9. The van der Waals surface area contributed by atoms with Gasteiger partial charge < -0.3 is 20.1 Å². The number of ether oxygens (including phenoxy) is 2. The smallest absolute Gasteiger partial charge is 0.422 e. The van der Waals surface area contributed by atoms with E-state index in [4.69, 9.17) is 16.3 Å². The van der Waals surface area contributed by atoms with Gasteiger partial charge in [-0.2, -0.15) is 13.2 Å². The molecule has 0 fully saturated rings. The third-order valence-electron chi connectivity index (χ3n) is 3.71. The quantitative estimate of drug-likeness (QED) is 0.402. The predicted molar refractivity (Wildman–Crippen MR) is 108 cm³/mol.